The van der Waals surface area contributed by atoms with Gasteiger partial charge >= 0.3 is 0 Å². The van der Waals surface area contributed by atoms with Crippen molar-refractivity contribution < 1.29 is 13.2 Å². The molecule has 0 radical (unpaired) electrons. The second-order valence-electron chi connectivity index (χ2n) is 4.75. The van der Waals surface area contributed by atoms with E-state index in [4.69, 9.17) is 4.42 Å². The molecule has 104 valence electrons. The van der Waals surface area contributed by atoms with Crippen LogP contribution in [0.5, 0.6) is 0 Å². The quantitative estimate of drug-likeness (QED) is 0.830. The molecular weight excluding hydrogens is 248 g/mol. The molecule has 19 heavy (non-hydrogen) atoms. The van der Waals surface area contributed by atoms with Crippen LogP contribution in [0.4, 0.5) is 8.78 Å². The van der Waals surface area contributed by atoms with Gasteiger partial charge in [0.15, 0.2) is 11.4 Å². The summed E-state index contributed by atoms with van der Waals surface area (Å²) >= 11 is 0. The van der Waals surface area contributed by atoms with Gasteiger partial charge in [-0.3, -0.25) is 0 Å². The van der Waals surface area contributed by atoms with Crippen molar-refractivity contribution >= 4 is 11.0 Å². The summed E-state index contributed by atoms with van der Waals surface area (Å²) in [4.78, 5) is 0. The number of nitrogens with one attached hydrogen (secondary N) is 1. The Morgan fingerprint density at radius 1 is 1.16 bits per heavy atom. The Morgan fingerprint density at radius 3 is 2.63 bits per heavy atom. The lowest BCUT2D eigenvalue weighted by Gasteiger charge is -2.14. The third kappa shape index (κ3) is 3.13. The normalized spacial score (nSPS) is 13.1. The summed E-state index contributed by atoms with van der Waals surface area (Å²) in [7, 11) is 0. The molecule has 1 N–H and O–H groups in total. The first-order chi connectivity index (χ1) is 9.15. The lowest BCUT2D eigenvalue weighted by molar-refractivity contribution is 0.402. The van der Waals surface area contributed by atoms with Crippen molar-refractivity contribution in [3.05, 3.63) is 35.6 Å². The largest absolute Gasteiger partial charge is 0.456 e. The van der Waals surface area contributed by atoms with Crippen LogP contribution >= 0.6 is 0 Å². The van der Waals surface area contributed by atoms with Crippen molar-refractivity contribution in [2.24, 2.45) is 0 Å². The van der Waals surface area contributed by atoms with E-state index < -0.39 is 11.6 Å². The Bertz CT molecular complexity index is 550. The highest BCUT2D eigenvalue weighted by atomic mass is 19.1. The molecule has 0 aliphatic rings. The summed E-state index contributed by atoms with van der Waals surface area (Å²) in [5.41, 5.74) is 0.135. The number of hydrogen-bond acceptors (Lipinski definition) is 2. The summed E-state index contributed by atoms with van der Waals surface area (Å²) in [5.74, 6) is -0.548. The maximum absolute atomic E-state index is 13.6. The second-order valence-corrected chi connectivity index (χ2v) is 4.75. The van der Waals surface area contributed by atoms with Gasteiger partial charge < -0.3 is 9.73 Å². The van der Waals surface area contributed by atoms with Crippen LogP contribution in [-0.2, 0) is 0 Å². The molecular formula is C15H19F2NO. The number of hydrogen-bond donors (Lipinski definition) is 1. The first-order valence-corrected chi connectivity index (χ1v) is 6.77. The zero-order chi connectivity index (χ0) is 13.8. The average molecular weight is 267 g/mol. The van der Waals surface area contributed by atoms with Crippen molar-refractivity contribution in [1.82, 2.24) is 5.32 Å². The SMILES string of the molecule is CCCNC(CCC)c1cc2cc(F)cc(F)c2o1. The number of fused-ring (bicyclic) bond motifs is 1. The van der Waals surface area contributed by atoms with Gasteiger partial charge in [-0.2, -0.15) is 0 Å². The van der Waals surface area contributed by atoms with Gasteiger partial charge in [0.2, 0.25) is 0 Å². The molecule has 2 nitrogen and oxygen atoms in total. The lowest BCUT2D eigenvalue weighted by Crippen LogP contribution is -2.21. The van der Waals surface area contributed by atoms with Gasteiger partial charge in [0.1, 0.15) is 11.6 Å². The van der Waals surface area contributed by atoms with Gasteiger partial charge in [0.25, 0.3) is 0 Å². The van der Waals surface area contributed by atoms with Crippen LogP contribution in [0.2, 0.25) is 0 Å². The van der Waals surface area contributed by atoms with Crippen molar-refractivity contribution in [3.63, 3.8) is 0 Å². The van der Waals surface area contributed by atoms with Crippen LogP contribution in [0.25, 0.3) is 11.0 Å². The minimum Gasteiger partial charge on any atom is -0.456 e. The zero-order valence-electron chi connectivity index (χ0n) is 11.3. The second kappa shape index (κ2) is 6.15. The van der Waals surface area contributed by atoms with Crippen LogP contribution in [0.3, 0.4) is 0 Å². The van der Waals surface area contributed by atoms with E-state index in [9.17, 15) is 8.78 Å². The van der Waals surface area contributed by atoms with Crippen molar-refractivity contribution in [2.75, 3.05) is 6.54 Å². The Kier molecular flexibility index (Phi) is 4.53. The molecule has 0 aliphatic carbocycles. The van der Waals surface area contributed by atoms with E-state index in [1.165, 1.54) is 6.07 Å². The maximum atomic E-state index is 13.6. The summed E-state index contributed by atoms with van der Waals surface area (Å²) in [6.45, 7) is 5.05. The van der Waals surface area contributed by atoms with Crippen molar-refractivity contribution in [2.45, 2.75) is 39.2 Å². The lowest BCUT2D eigenvalue weighted by atomic mass is 10.1. The van der Waals surface area contributed by atoms with E-state index in [2.05, 4.69) is 19.2 Å². The van der Waals surface area contributed by atoms with Crippen LogP contribution in [0, 0.1) is 11.6 Å². The molecule has 0 bridgehead atoms. The van der Waals surface area contributed by atoms with Crippen LogP contribution in [0.15, 0.2) is 22.6 Å². The minimum atomic E-state index is -0.646. The number of halogens is 2. The topological polar surface area (TPSA) is 25.2 Å². The van der Waals surface area contributed by atoms with E-state index in [1.54, 1.807) is 6.07 Å². The molecule has 2 rings (SSSR count). The molecule has 1 unspecified atom stereocenters. The summed E-state index contributed by atoms with van der Waals surface area (Å²) in [5, 5.41) is 3.85. The van der Waals surface area contributed by atoms with Gasteiger partial charge in [-0.25, -0.2) is 8.78 Å². The molecule has 1 aromatic carbocycles. The van der Waals surface area contributed by atoms with Crippen molar-refractivity contribution in [3.8, 4) is 0 Å². The summed E-state index contributed by atoms with van der Waals surface area (Å²) in [6, 6.07) is 3.93. The van der Waals surface area contributed by atoms with E-state index in [0.717, 1.165) is 31.9 Å². The predicted molar refractivity (Wildman–Crippen MR) is 72.1 cm³/mol. The highest BCUT2D eigenvalue weighted by molar-refractivity contribution is 5.78. The number of rotatable bonds is 6. The number of furan rings is 1. The fourth-order valence-corrected chi connectivity index (χ4v) is 2.22. The smallest absolute Gasteiger partial charge is 0.170 e. The Hall–Kier alpha value is -1.42. The van der Waals surface area contributed by atoms with Gasteiger partial charge in [0, 0.05) is 11.5 Å². The fraction of sp³-hybridized carbons (Fsp3) is 0.467. The average Bonchev–Trinajstić information content (AvgIpc) is 2.78. The molecule has 4 heteroatoms. The number of benzene rings is 1. The fourth-order valence-electron chi connectivity index (χ4n) is 2.22. The first kappa shape index (κ1) is 14.0. The first-order valence-electron chi connectivity index (χ1n) is 6.77. The third-order valence-corrected chi connectivity index (χ3v) is 3.12. The molecule has 0 spiro atoms. The molecule has 0 saturated carbocycles. The Morgan fingerprint density at radius 2 is 1.95 bits per heavy atom. The third-order valence-electron chi connectivity index (χ3n) is 3.12. The minimum absolute atomic E-state index is 0.0554. The zero-order valence-corrected chi connectivity index (χ0v) is 11.3. The molecule has 1 heterocycles. The van der Waals surface area contributed by atoms with Gasteiger partial charge in [-0.05, 0) is 31.5 Å². The molecule has 0 saturated heterocycles. The van der Waals surface area contributed by atoms with E-state index >= 15 is 0 Å². The molecule has 1 atom stereocenters. The Labute approximate surface area is 111 Å². The molecule has 0 fully saturated rings. The van der Waals surface area contributed by atoms with E-state index in [-0.39, 0.29) is 11.6 Å². The monoisotopic (exact) mass is 267 g/mol. The Balaban J connectivity index is 2.34. The predicted octanol–water partition coefficient (Wildman–Crippen LogP) is 4.55. The molecule has 1 aromatic heterocycles. The van der Waals surface area contributed by atoms with Crippen molar-refractivity contribution in [1.29, 1.82) is 0 Å². The standard InChI is InChI=1S/C15H19F2NO/c1-3-5-13(18-6-4-2)14-8-10-7-11(16)9-12(17)15(10)19-14/h7-9,13,18H,3-6H2,1-2H3. The van der Waals surface area contributed by atoms with Gasteiger partial charge in [-0.15, -0.1) is 0 Å². The summed E-state index contributed by atoms with van der Waals surface area (Å²) in [6.07, 6.45) is 2.92. The van der Waals surface area contributed by atoms with E-state index in [1.807, 2.05) is 0 Å². The van der Waals surface area contributed by atoms with Crippen LogP contribution in [-0.4, -0.2) is 6.54 Å². The van der Waals surface area contributed by atoms with Crippen LogP contribution < -0.4 is 5.32 Å². The highest BCUT2D eigenvalue weighted by Gasteiger charge is 2.17. The van der Waals surface area contributed by atoms with Gasteiger partial charge in [-0.1, -0.05) is 20.3 Å². The van der Waals surface area contributed by atoms with Crippen LogP contribution in [0.1, 0.15) is 44.9 Å². The van der Waals surface area contributed by atoms with E-state index in [0.29, 0.717) is 11.1 Å². The maximum Gasteiger partial charge on any atom is 0.170 e. The van der Waals surface area contributed by atoms with Gasteiger partial charge in [0.05, 0.1) is 6.04 Å². The molecule has 0 amide bonds. The summed E-state index contributed by atoms with van der Waals surface area (Å²) < 4.78 is 32.3. The highest BCUT2D eigenvalue weighted by Crippen LogP contribution is 2.28. The molecule has 0 aliphatic heterocycles. The molecule has 2 aromatic rings.